The summed E-state index contributed by atoms with van der Waals surface area (Å²) in [6.45, 7) is 8.90. The Balaban J connectivity index is 2.18. The van der Waals surface area contributed by atoms with Crippen LogP contribution in [-0.2, 0) is 13.0 Å². The molecule has 0 aliphatic rings. The first-order valence-electron chi connectivity index (χ1n) is 7.04. The number of nitrogens with one attached hydrogen (secondary N) is 2. The van der Waals surface area contributed by atoms with Gasteiger partial charge in [0, 0.05) is 12.2 Å². The molecule has 0 saturated carbocycles. The topological polar surface area (TPSA) is 44.9 Å². The monoisotopic (exact) mass is 270 g/mol. The Bertz CT molecular complexity index is 671. The fourth-order valence-corrected chi connectivity index (χ4v) is 2.28. The summed E-state index contributed by atoms with van der Waals surface area (Å²) in [7, 11) is 0. The third kappa shape index (κ3) is 3.10. The molecule has 20 heavy (non-hydrogen) atoms. The molecule has 0 fully saturated rings. The fraction of sp³-hybridized carbons (Fsp3) is 0.353. The molecular formula is C17H22N2O. The number of rotatable bonds is 4. The summed E-state index contributed by atoms with van der Waals surface area (Å²) in [6.07, 6.45) is 0.918. The third-order valence-corrected chi connectivity index (χ3v) is 3.78. The van der Waals surface area contributed by atoms with E-state index in [2.05, 4.69) is 49.3 Å². The highest BCUT2D eigenvalue weighted by atomic mass is 16.1. The van der Waals surface area contributed by atoms with Crippen LogP contribution in [0.5, 0.6) is 0 Å². The predicted molar refractivity (Wildman–Crippen MR) is 84.4 cm³/mol. The van der Waals surface area contributed by atoms with Crippen molar-refractivity contribution in [1.82, 2.24) is 4.98 Å². The Morgan fingerprint density at radius 3 is 2.50 bits per heavy atom. The van der Waals surface area contributed by atoms with E-state index in [0.717, 1.165) is 12.1 Å². The first-order chi connectivity index (χ1) is 9.51. The number of aromatic nitrogens is 1. The minimum atomic E-state index is -0.0523. The quantitative estimate of drug-likeness (QED) is 0.893. The summed E-state index contributed by atoms with van der Waals surface area (Å²) in [6, 6.07) is 8.32. The summed E-state index contributed by atoms with van der Waals surface area (Å²) in [4.78, 5) is 14.8. The maximum absolute atomic E-state index is 11.9. The molecule has 2 rings (SSSR count). The number of anilines is 1. The van der Waals surface area contributed by atoms with Gasteiger partial charge in [0.15, 0.2) is 0 Å². The molecule has 3 heteroatoms. The van der Waals surface area contributed by atoms with Crippen LogP contribution in [0.3, 0.4) is 0 Å². The van der Waals surface area contributed by atoms with E-state index in [0.29, 0.717) is 12.2 Å². The van der Waals surface area contributed by atoms with Gasteiger partial charge in [-0.1, -0.05) is 25.1 Å². The van der Waals surface area contributed by atoms with Crippen molar-refractivity contribution in [3.05, 3.63) is 62.6 Å². The van der Waals surface area contributed by atoms with Crippen LogP contribution in [0.1, 0.15) is 34.9 Å². The number of hydrogen-bond donors (Lipinski definition) is 2. The van der Waals surface area contributed by atoms with E-state index in [1.165, 1.54) is 22.3 Å². The summed E-state index contributed by atoms with van der Waals surface area (Å²) in [5.74, 6) is 0. The number of aromatic amines is 1. The van der Waals surface area contributed by atoms with Crippen molar-refractivity contribution < 1.29 is 0 Å². The molecule has 2 aromatic rings. The predicted octanol–water partition coefficient (Wildman–Crippen LogP) is 3.47. The summed E-state index contributed by atoms with van der Waals surface area (Å²) in [5.41, 5.74) is 6.47. The van der Waals surface area contributed by atoms with Gasteiger partial charge in [0.25, 0.3) is 5.56 Å². The van der Waals surface area contributed by atoms with Crippen LogP contribution in [0.15, 0.2) is 29.1 Å². The van der Waals surface area contributed by atoms with E-state index in [1.807, 2.05) is 13.0 Å². The molecule has 0 aliphatic carbocycles. The smallest absolute Gasteiger partial charge is 0.271 e. The van der Waals surface area contributed by atoms with E-state index in [4.69, 9.17) is 0 Å². The second-order valence-corrected chi connectivity index (χ2v) is 5.29. The molecule has 0 unspecified atom stereocenters. The van der Waals surface area contributed by atoms with Crippen LogP contribution in [-0.4, -0.2) is 4.98 Å². The third-order valence-electron chi connectivity index (χ3n) is 3.78. The lowest BCUT2D eigenvalue weighted by atomic mass is 10.1. The van der Waals surface area contributed by atoms with Gasteiger partial charge >= 0.3 is 0 Å². The van der Waals surface area contributed by atoms with E-state index in [9.17, 15) is 4.79 Å². The second kappa shape index (κ2) is 5.95. The average Bonchev–Trinajstić information content (AvgIpc) is 2.41. The van der Waals surface area contributed by atoms with Crippen LogP contribution in [0.2, 0.25) is 0 Å². The number of pyridine rings is 1. The molecule has 2 N–H and O–H groups in total. The van der Waals surface area contributed by atoms with Gasteiger partial charge in [0.2, 0.25) is 0 Å². The number of hydrogen-bond acceptors (Lipinski definition) is 2. The second-order valence-electron chi connectivity index (χ2n) is 5.29. The van der Waals surface area contributed by atoms with Gasteiger partial charge in [0.1, 0.15) is 5.69 Å². The molecule has 106 valence electrons. The zero-order valence-corrected chi connectivity index (χ0v) is 12.6. The summed E-state index contributed by atoms with van der Waals surface area (Å²) >= 11 is 0. The van der Waals surface area contributed by atoms with Gasteiger partial charge in [-0.3, -0.25) is 4.79 Å². The average molecular weight is 270 g/mol. The first kappa shape index (κ1) is 14.4. The van der Waals surface area contributed by atoms with Crippen molar-refractivity contribution in [1.29, 1.82) is 0 Å². The Hall–Kier alpha value is -2.03. The Morgan fingerprint density at radius 2 is 1.85 bits per heavy atom. The van der Waals surface area contributed by atoms with Gasteiger partial charge in [0.05, 0.1) is 0 Å². The highest BCUT2D eigenvalue weighted by Gasteiger charge is 2.04. The number of aryl methyl sites for hydroxylation is 4. The highest BCUT2D eigenvalue weighted by molar-refractivity contribution is 5.45. The van der Waals surface area contributed by atoms with Gasteiger partial charge in [-0.25, -0.2) is 0 Å². The first-order valence-corrected chi connectivity index (χ1v) is 7.04. The summed E-state index contributed by atoms with van der Waals surface area (Å²) in [5, 5.41) is 3.23. The molecular weight excluding hydrogens is 248 g/mol. The van der Waals surface area contributed by atoms with Gasteiger partial charge in [-0.05, 0) is 55.5 Å². The normalized spacial score (nSPS) is 10.6. The van der Waals surface area contributed by atoms with Crippen LogP contribution >= 0.6 is 0 Å². The van der Waals surface area contributed by atoms with E-state index in [-0.39, 0.29) is 5.56 Å². The Labute approximate surface area is 120 Å². The molecule has 0 spiro atoms. The summed E-state index contributed by atoms with van der Waals surface area (Å²) < 4.78 is 0. The lowest BCUT2D eigenvalue weighted by molar-refractivity contribution is 1.01. The van der Waals surface area contributed by atoms with Crippen molar-refractivity contribution in [3.8, 4) is 0 Å². The molecule has 0 saturated heterocycles. The standard InChI is InChI=1S/C17H22N2O/c1-5-15-9-16(17(20)19-13(15)4)18-10-14-7-6-11(2)12(3)8-14/h6-9,18H,5,10H2,1-4H3,(H,19,20). The van der Waals surface area contributed by atoms with Gasteiger partial charge in [-0.2, -0.15) is 0 Å². The van der Waals surface area contributed by atoms with Crippen LogP contribution in [0, 0.1) is 20.8 Å². The van der Waals surface area contributed by atoms with Crippen molar-refractivity contribution in [2.75, 3.05) is 5.32 Å². The molecule has 1 heterocycles. The number of benzene rings is 1. The van der Waals surface area contributed by atoms with Gasteiger partial charge < -0.3 is 10.3 Å². The lowest BCUT2D eigenvalue weighted by Crippen LogP contribution is -2.16. The Kier molecular flexibility index (Phi) is 4.28. The SMILES string of the molecule is CCc1cc(NCc2ccc(C)c(C)c2)c(=O)[nH]c1C. The van der Waals surface area contributed by atoms with Crippen molar-refractivity contribution in [2.45, 2.75) is 40.7 Å². The minimum Gasteiger partial charge on any atom is -0.377 e. The van der Waals surface area contributed by atoms with E-state index < -0.39 is 0 Å². The van der Waals surface area contributed by atoms with E-state index in [1.54, 1.807) is 0 Å². The molecule has 0 amide bonds. The van der Waals surface area contributed by atoms with Crippen molar-refractivity contribution in [2.24, 2.45) is 0 Å². The van der Waals surface area contributed by atoms with Crippen LogP contribution in [0.4, 0.5) is 5.69 Å². The molecule has 0 bridgehead atoms. The zero-order chi connectivity index (χ0) is 14.7. The van der Waals surface area contributed by atoms with Crippen LogP contribution < -0.4 is 10.9 Å². The molecule has 1 aromatic heterocycles. The molecule has 1 aromatic carbocycles. The van der Waals surface area contributed by atoms with Crippen molar-refractivity contribution >= 4 is 5.69 Å². The minimum absolute atomic E-state index is 0.0523. The van der Waals surface area contributed by atoms with Crippen LogP contribution in [0.25, 0.3) is 0 Å². The maximum Gasteiger partial charge on any atom is 0.271 e. The molecule has 0 radical (unpaired) electrons. The maximum atomic E-state index is 11.9. The van der Waals surface area contributed by atoms with Gasteiger partial charge in [-0.15, -0.1) is 0 Å². The van der Waals surface area contributed by atoms with E-state index >= 15 is 0 Å². The Morgan fingerprint density at radius 1 is 1.10 bits per heavy atom. The van der Waals surface area contributed by atoms with Crippen molar-refractivity contribution in [3.63, 3.8) is 0 Å². The molecule has 0 atom stereocenters. The fourth-order valence-electron chi connectivity index (χ4n) is 2.28. The highest BCUT2D eigenvalue weighted by Crippen LogP contribution is 2.13. The zero-order valence-electron chi connectivity index (χ0n) is 12.6. The largest absolute Gasteiger partial charge is 0.377 e. The molecule has 3 nitrogen and oxygen atoms in total. The lowest BCUT2D eigenvalue weighted by Gasteiger charge is -2.10. The molecule has 0 aliphatic heterocycles. The number of H-pyrrole nitrogens is 1.